The number of benzene rings is 2. The molecule has 3 rings (SSSR count). The third-order valence-corrected chi connectivity index (χ3v) is 8.85. The lowest BCUT2D eigenvalue weighted by Gasteiger charge is -2.26. The van der Waals surface area contributed by atoms with Gasteiger partial charge in [0.25, 0.3) is 15.9 Å². The van der Waals surface area contributed by atoms with Crippen molar-refractivity contribution >= 4 is 31.6 Å². The van der Waals surface area contributed by atoms with Gasteiger partial charge in [0.15, 0.2) is 0 Å². The zero-order valence-electron chi connectivity index (χ0n) is 18.4. The Kier molecular flexibility index (Phi) is 7.95. The quantitative estimate of drug-likeness (QED) is 0.546. The highest BCUT2D eigenvalue weighted by Crippen LogP contribution is 2.24. The fraction of sp³-hybridized carbons (Fsp3) is 0.381. The Morgan fingerprint density at radius 3 is 2.39 bits per heavy atom. The zero-order valence-corrected chi connectivity index (χ0v) is 20.1. The summed E-state index contributed by atoms with van der Waals surface area (Å²) in [5, 5.41) is 2.55. The minimum absolute atomic E-state index is 0.0607. The first-order chi connectivity index (χ1) is 15.6. The largest absolute Gasteiger partial charge is 0.497 e. The van der Waals surface area contributed by atoms with Gasteiger partial charge in [-0.2, -0.15) is 4.31 Å². The first kappa shape index (κ1) is 25.0. The summed E-state index contributed by atoms with van der Waals surface area (Å²) in [4.78, 5) is 12.5. The summed E-state index contributed by atoms with van der Waals surface area (Å²) in [6.07, 6.45) is 0. The molecule has 180 valence electrons. The van der Waals surface area contributed by atoms with Crippen LogP contribution in [0.15, 0.2) is 53.4 Å². The van der Waals surface area contributed by atoms with Gasteiger partial charge in [0.1, 0.15) is 5.75 Å². The molecule has 0 atom stereocenters. The number of rotatable bonds is 9. The average Bonchev–Trinajstić information content (AvgIpc) is 2.84. The van der Waals surface area contributed by atoms with Crippen LogP contribution >= 0.6 is 0 Å². The zero-order chi connectivity index (χ0) is 24.1. The molecule has 1 aliphatic rings. The molecule has 10 nitrogen and oxygen atoms in total. The van der Waals surface area contributed by atoms with Gasteiger partial charge in [-0.3, -0.25) is 9.10 Å². The van der Waals surface area contributed by atoms with E-state index in [0.29, 0.717) is 24.7 Å². The first-order valence-corrected chi connectivity index (χ1v) is 13.3. The van der Waals surface area contributed by atoms with Gasteiger partial charge < -0.3 is 14.8 Å². The van der Waals surface area contributed by atoms with Gasteiger partial charge in [-0.05, 0) is 42.5 Å². The van der Waals surface area contributed by atoms with Crippen LogP contribution in [-0.4, -0.2) is 79.8 Å². The van der Waals surface area contributed by atoms with Gasteiger partial charge in [0, 0.05) is 32.2 Å². The average molecular weight is 498 g/mol. The number of morpholine rings is 1. The normalized spacial score (nSPS) is 15.1. The van der Waals surface area contributed by atoms with E-state index >= 15 is 0 Å². The summed E-state index contributed by atoms with van der Waals surface area (Å²) in [6.45, 7) is 1.17. The highest BCUT2D eigenvalue weighted by Gasteiger charge is 2.25. The summed E-state index contributed by atoms with van der Waals surface area (Å²) in [5.74, 6) is -0.216. The molecule has 0 aliphatic carbocycles. The maximum Gasteiger partial charge on any atom is 0.264 e. The molecule has 1 amide bonds. The minimum atomic E-state index is -3.93. The van der Waals surface area contributed by atoms with Crippen molar-refractivity contribution in [2.45, 2.75) is 4.90 Å². The molecule has 2 aromatic rings. The van der Waals surface area contributed by atoms with Gasteiger partial charge in [-0.1, -0.05) is 6.07 Å². The van der Waals surface area contributed by atoms with Gasteiger partial charge in [-0.15, -0.1) is 0 Å². The van der Waals surface area contributed by atoms with Crippen LogP contribution in [0.1, 0.15) is 10.4 Å². The number of nitrogens with one attached hydrogen (secondary N) is 1. The Hall–Kier alpha value is -2.67. The van der Waals surface area contributed by atoms with Crippen molar-refractivity contribution < 1.29 is 31.1 Å². The maximum atomic E-state index is 13.1. The fourth-order valence-corrected chi connectivity index (χ4v) is 5.80. The predicted octanol–water partition coefficient (Wildman–Crippen LogP) is 0.912. The van der Waals surface area contributed by atoms with E-state index in [1.807, 2.05) is 0 Å². The molecule has 1 saturated heterocycles. The summed E-state index contributed by atoms with van der Waals surface area (Å²) < 4.78 is 63.5. The highest BCUT2D eigenvalue weighted by molar-refractivity contribution is 7.92. The molecule has 0 bridgehead atoms. The minimum Gasteiger partial charge on any atom is -0.497 e. The Morgan fingerprint density at radius 1 is 1.09 bits per heavy atom. The topological polar surface area (TPSA) is 122 Å². The Labute approximate surface area is 194 Å². The van der Waals surface area contributed by atoms with Gasteiger partial charge in [-0.25, -0.2) is 16.8 Å². The van der Waals surface area contributed by atoms with Gasteiger partial charge in [0.05, 0.1) is 36.7 Å². The third-order valence-electron chi connectivity index (χ3n) is 5.20. The van der Waals surface area contributed by atoms with Crippen LogP contribution in [0.5, 0.6) is 5.75 Å². The van der Waals surface area contributed by atoms with Crippen LogP contribution in [0.25, 0.3) is 0 Å². The summed E-state index contributed by atoms with van der Waals surface area (Å²) in [7, 11) is -4.51. The van der Waals surface area contributed by atoms with Crippen molar-refractivity contribution in [3.05, 3.63) is 54.1 Å². The highest BCUT2D eigenvalue weighted by atomic mass is 32.2. The molecule has 2 aromatic carbocycles. The van der Waals surface area contributed by atoms with Crippen LogP contribution in [-0.2, 0) is 24.8 Å². The Morgan fingerprint density at radius 2 is 1.76 bits per heavy atom. The molecule has 1 fully saturated rings. The van der Waals surface area contributed by atoms with Crippen molar-refractivity contribution in [2.24, 2.45) is 0 Å². The van der Waals surface area contributed by atoms with Crippen molar-refractivity contribution in [2.75, 3.05) is 57.1 Å². The Bertz CT molecular complexity index is 1180. The van der Waals surface area contributed by atoms with E-state index < -0.39 is 26.0 Å². The van der Waals surface area contributed by atoms with Crippen LogP contribution < -0.4 is 14.4 Å². The number of sulfonamides is 2. The molecule has 1 N–H and O–H groups in total. The van der Waals surface area contributed by atoms with E-state index in [2.05, 4.69) is 5.32 Å². The number of methoxy groups -OCH3 is 1. The van der Waals surface area contributed by atoms with E-state index in [0.717, 1.165) is 4.31 Å². The van der Waals surface area contributed by atoms with Crippen LogP contribution in [0.4, 0.5) is 5.69 Å². The first-order valence-electron chi connectivity index (χ1n) is 10.2. The van der Waals surface area contributed by atoms with Crippen LogP contribution in [0.3, 0.4) is 0 Å². The van der Waals surface area contributed by atoms with Gasteiger partial charge in [0.2, 0.25) is 10.0 Å². The molecule has 33 heavy (non-hydrogen) atoms. The maximum absolute atomic E-state index is 13.1. The van der Waals surface area contributed by atoms with E-state index in [-0.39, 0.29) is 35.8 Å². The molecule has 0 radical (unpaired) electrons. The summed E-state index contributed by atoms with van der Waals surface area (Å²) in [5.41, 5.74) is 0.543. The number of hydrogen-bond acceptors (Lipinski definition) is 7. The molecule has 0 saturated carbocycles. The number of carbonyl (C=O) groups excluding carboxylic acids is 1. The second-order valence-corrected chi connectivity index (χ2v) is 11.3. The van der Waals surface area contributed by atoms with Crippen molar-refractivity contribution in [1.82, 2.24) is 9.62 Å². The SMILES string of the molecule is COc1ccc(N(C)S(=O)(=O)c2cccc(C(=O)NCCS(=O)(=O)N3CCOCC3)c2)cc1. The van der Waals surface area contributed by atoms with Crippen molar-refractivity contribution in [3.8, 4) is 5.75 Å². The fourth-order valence-electron chi connectivity index (χ4n) is 3.24. The van der Waals surface area contributed by atoms with Gasteiger partial charge >= 0.3 is 0 Å². The monoisotopic (exact) mass is 497 g/mol. The molecular weight excluding hydrogens is 470 g/mol. The molecule has 0 unspecified atom stereocenters. The Balaban J connectivity index is 1.67. The molecular formula is C21H27N3O7S2. The third kappa shape index (κ3) is 6.02. The number of ether oxygens (including phenoxy) is 2. The number of amides is 1. The van der Waals surface area contributed by atoms with Crippen molar-refractivity contribution in [3.63, 3.8) is 0 Å². The van der Waals surface area contributed by atoms with Crippen LogP contribution in [0, 0.1) is 0 Å². The molecule has 12 heteroatoms. The number of hydrogen-bond donors (Lipinski definition) is 1. The lowest BCUT2D eigenvalue weighted by molar-refractivity contribution is 0.0730. The molecule has 1 heterocycles. The second kappa shape index (κ2) is 10.5. The number of nitrogens with zero attached hydrogens (tertiary/aromatic N) is 2. The summed E-state index contributed by atoms with van der Waals surface area (Å²) >= 11 is 0. The van der Waals surface area contributed by atoms with E-state index in [9.17, 15) is 21.6 Å². The number of carbonyl (C=O) groups is 1. The molecule has 1 aliphatic heterocycles. The van der Waals surface area contributed by atoms with Crippen LogP contribution in [0.2, 0.25) is 0 Å². The van der Waals surface area contributed by atoms with E-state index in [1.165, 1.54) is 42.7 Å². The smallest absolute Gasteiger partial charge is 0.264 e. The predicted molar refractivity (Wildman–Crippen MR) is 124 cm³/mol. The van der Waals surface area contributed by atoms with E-state index in [4.69, 9.17) is 9.47 Å². The van der Waals surface area contributed by atoms with Crippen molar-refractivity contribution in [1.29, 1.82) is 0 Å². The lowest BCUT2D eigenvalue weighted by Crippen LogP contribution is -2.43. The second-order valence-electron chi connectivity index (χ2n) is 7.28. The molecule has 0 spiro atoms. The standard InChI is InChI=1S/C21H27N3O7S2/c1-23(18-6-8-19(30-2)9-7-18)33(28,29)20-5-3-4-17(16-20)21(25)22-10-15-32(26,27)24-11-13-31-14-12-24/h3-9,16H,10-15H2,1-2H3,(H,22,25). The number of anilines is 1. The lowest BCUT2D eigenvalue weighted by atomic mass is 10.2. The summed E-state index contributed by atoms with van der Waals surface area (Å²) in [6, 6.07) is 12.1. The van der Waals surface area contributed by atoms with E-state index in [1.54, 1.807) is 24.3 Å². The molecule has 0 aromatic heterocycles.